The van der Waals surface area contributed by atoms with E-state index in [4.69, 9.17) is 5.11 Å². The lowest BCUT2D eigenvalue weighted by Gasteiger charge is -2.48. The van der Waals surface area contributed by atoms with Gasteiger partial charge in [-0.1, -0.05) is 32.8 Å². The van der Waals surface area contributed by atoms with Crippen LogP contribution in [-0.2, 0) is 0 Å². The Kier molecular flexibility index (Phi) is 2.72. The van der Waals surface area contributed by atoms with E-state index >= 15 is 0 Å². The van der Waals surface area contributed by atoms with Crippen LogP contribution in [0.5, 0.6) is 0 Å². The molecule has 0 rings (SSSR count). The second kappa shape index (κ2) is 2.73. The van der Waals surface area contributed by atoms with Crippen LogP contribution < -0.4 is 0 Å². The molecule has 1 N–H and O–H groups in total. The van der Waals surface area contributed by atoms with E-state index in [1.165, 1.54) is 6.92 Å². The summed E-state index contributed by atoms with van der Waals surface area (Å²) in [5.74, 6) is 0. The van der Waals surface area contributed by atoms with Crippen molar-refractivity contribution in [2.75, 3.05) is 0 Å². The Balaban J connectivity index is 4.97. The van der Waals surface area contributed by atoms with Gasteiger partial charge < -0.3 is 5.11 Å². The Morgan fingerprint density at radius 3 is 1.62 bits per heavy atom. The van der Waals surface area contributed by atoms with E-state index in [1.807, 2.05) is 0 Å². The molecule has 0 aromatic rings. The Bertz CT molecular complexity index is 182. The Morgan fingerprint density at radius 1 is 1.15 bits per heavy atom. The number of halogens is 5. The lowest BCUT2D eigenvalue weighted by molar-refractivity contribution is 0.161. The quantitative estimate of drug-likeness (QED) is 0.725. The zero-order valence-corrected chi connectivity index (χ0v) is 8.13. The summed E-state index contributed by atoms with van der Waals surface area (Å²) >= 11 is 0. The van der Waals surface area contributed by atoms with Gasteiger partial charge in [0.1, 0.15) is 5.25 Å². The van der Waals surface area contributed by atoms with E-state index < -0.39 is 28.0 Å². The van der Waals surface area contributed by atoms with Crippen LogP contribution in [0.3, 0.4) is 0 Å². The van der Waals surface area contributed by atoms with E-state index in [0.717, 1.165) is 6.92 Å². The van der Waals surface area contributed by atoms with Crippen LogP contribution in [0.2, 0.25) is 0 Å². The monoisotopic (exact) mass is 228 g/mol. The Morgan fingerprint density at radius 2 is 1.54 bits per heavy atom. The minimum atomic E-state index is -9.52. The summed E-state index contributed by atoms with van der Waals surface area (Å²) in [6, 6.07) is 0. The van der Waals surface area contributed by atoms with Gasteiger partial charge in [-0.15, -0.1) is 0 Å². The van der Waals surface area contributed by atoms with Crippen molar-refractivity contribution in [1.82, 2.24) is 0 Å². The minimum absolute atomic E-state index is 0.0405. The van der Waals surface area contributed by atoms with Crippen LogP contribution in [0.1, 0.15) is 26.7 Å². The molecule has 0 heterocycles. The van der Waals surface area contributed by atoms with E-state index in [-0.39, 0.29) is 6.42 Å². The van der Waals surface area contributed by atoms with Gasteiger partial charge >= 0.3 is 0 Å². The molecule has 0 saturated heterocycles. The fraction of sp³-hybridized carbons (Fsp3) is 1.00. The van der Waals surface area contributed by atoms with Crippen molar-refractivity contribution in [3.63, 3.8) is 0 Å². The highest BCUT2D eigenvalue weighted by atomic mass is 32.5. The molecule has 0 amide bonds. The predicted octanol–water partition coefficient (Wildman–Crippen LogP) is 3.83. The molecule has 0 radical (unpaired) electrons. The average molecular weight is 228 g/mol. The van der Waals surface area contributed by atoms with Crippen molar-refractivity contribution in [1.29, 1.82) is 0 Å². The molecule has 0 aliphatic heterocycles. The SMILES string of the molecule is CCCC(C(C)O)S(F)(F)(F)(F)F. The zero-order valence-electron chi connectivity index (χ0n) is 7.31. The topological polar surface area (TPSA) is 20.2 Å². The first kappa shape index (κ1) is 13.0. The van der Waals surface area contributed by atoms with Gasteiger partial charge in [-0.2, -0.15) is 0 Å². The molecule has 0 aromatic carbocycles. The molecule has 0 spiro atoms. The van der Waals surface area contributed by atoms with Gasteiger partial charge in [0.2, 0.25) is 0 Å². The number of aliphatic hydroxyl groups excluding tert-OH is 1. The summed E-state index contributed by atoms with van der Waals surface area (Å²) in [6.07, 6.45) is -2.84. The highest BCUT2D eigenvalue weighted by Gasteiger charge is 2.70. The third-order valence-electron chi connectivity index (χ3n) is 1.68. The normalized spacial score (nSPS) is 23.1. The Hall–Kier alpha value is -0.0400. The van der Waals surface area contributed by atoms with Gasteiger partial charge in [-0.25, -0.2) is 0 Å². The smallest absolute Gasteiger partial charge is 0.290 e. The van der Waals surface area contributed by atoms with Crippen molar-refractivity contribution in [2.45, 2.75) is 38.0 Å². The molecular formula is C6H13F5OS. The number of rotatable bonds is 4. The van der Waals surface area contributed by atoms with Crippen LogP contribution >= 0.6 is 10.2 Å². The van der Waals surface area contributed by atoms with Crippen molar-refractivity contribution < 1.29 is 24.5 Å². The highest BCUT2D eigenvalue weighted by Crippen LogP contribution is 3.01. The Labute approximate surface area is 73.7 Å². The van der Waals surface area contributed by atoms with E-state index in [0.29, 0.717) is 0 Å². The molecule has 7 heteroatoms. The van der Waals surface area contributed by atoms with Crippen LogP contribution in [0, 0.1) is 0 Å². The number of hydrogen-bond acceptors (Lipinski definition) is 1. The summed E-state index contributed by atoms with van der Waals surface area (Å²) in [7, 11) is -9.52. The number of hydrogen-bond donors (Lipinski definition) is 1. The average Bonchev–Trinajstić information content (AvgIpc) is 1.75. The van der Waals surface area contributed by atoms with Gasteiger partial charge in [-0.05, 0) is 13.3 Å². The van der Waals surface area contributed by atoms with Crippen LogP contribution in [0.4, 0.5) is 19.4 Å². The van der Waals surface area contributed by atoms with Gasteiger partial charge in [0.05, 0.1) is 6.10 Å². The molecule has 0 aromatic heterocycles. The van der Waals surface area contributed by atoms with Gasteiger partial charge in [0, 0.05) is 0 Å². The minimum Gasteiger partial charge on any atom is -0.392 e. The molecule has 2 unspecified atom stereocenters. The third-order valence-corrected chi connectivity index (χ3v) is 3.46. The standard InChI is InChI=1S/C6H13F5OS/c1-3-4-6(5(2)12)13(7,8,9,10)11/h5-6,12H,3-4H2,1-2H3. The lowest BCUT2D eigenvalue weighted by atomic mass is 10.2. The maximum absolute atomic E-state index is 12.2. The first-order chi connectivity index (χ1) is 5.38. The first-order valence-corrected chi connectivity index (χ1v) is 5.81. The molecule has 0 bridgehead atoms. The van der Waals surface area contributed by atoms with Crippen LogP contribution in [0.25, 0.3) is 0 Å². The van der Waals surface area contributed by atoms with Gasteiger partial charge in [0.25, 0.3) is 10.2 Å². The third kappa shape index (κ3) is 4.12. The maximum atomic E-state index is 12.2. The highest BCUT2D eigenvalue weighted by molar-refractivity contribution is 8.46. The molecule has 0 saturated carbocycles. The summed E-state index contributed by atoms with van der Waals surface area (Å²) < 4.78 is 60.8. The van der Waals surface area contributed by atoms with Gasteiger partial charge in [-0.3, -0.25) is 0 Å². The maximum Gasteiger partial charge on any atom is 0.290 e. The van der Waals surface area contributed by atoms with Crippen molar-refractivity contribution in [3.05, 3.63) is 0 Å². The first-order valence-electron chi connectivity index (χ1n) is 3.79. The van der Waals surface area contributed by atoms with Crippen molar-refractivity contribution in [3.8, 4) is 0 Å². The number of aliphatic hydroxyl groups is 1. The summed E-state index contributed by atoms with van der Waals surface area (Å²) in [5, 5.41) is 5.75. The van der Waals surface area contributed by atoms with Crippen molar-refractivity contribution in [2.24, 2.45) is 0 Å². The molecule has 1 nitrogen and oxygen atoms in total. The molecule has 0 aliphatic carbocycles. The predicted molar refractivity (Wildman–Crippen MR) is 43.5 cm³/mol. The second-order valence-electron chi connectivity index (χ2n) is 3.10. The van der Waals surface area contributed by atoms with Crippen molar-refractivity contribution >= 4 is 10.2 Å². The molecule has 0 fully saturated rings. The fourth-order valence-corrected chi connectivity index (χ4v) is 2.55. The molecule has 84 valence electrons. The molecular weight excluding hydrogens is 215 g/mol. The van der Waals surface area contributed by atoms with Crippen LogP contribution in [-0.4, -0.2) is 16.5 Å². The molecule has 2 atom stereocenters. The summed E-state index contributed by atoms with van der Waals surface area (Å²) in [5.41, 5.74) is 0. The van der Waals surface area contributed by atoms with Gasteiger partial charge in [0.15, 0.2) is 0 Å². The summed E-state index contributed by atoms with van der Waals surface area (Å²) in [6.45, 7) is 2.09. The molecule has 13 heavy (non-hydrogen) atoms. The van der Waals surface area contributed by atoms with E-state index in [1.54, 1.807) is 0 Å². The second-order valence-corrected chi connectivity index (χ2v) is 5.76. The zero-order chi connectivity index (χ0) is 11.0. The lowest BCUT2D eigenvalue weighted by Crippen LogP contribution is -2.34. The largest absolute Gasteiger partial charge is 0.392 e. The fourth-order valence-electron chi connectivity index (χ4n) is 1.12. The van der Waals surface area contributed by atoms with E-state index in [9.17, 15) is 19.4 Å². The van der Waals surface area contributed by atoms with Crippen LogP contribution in [0.15, 0.2) is 0 Å². The summed E-state index contributed by atoms with van der Waals surface area (Å²) in [4.78, 5) is 0. The van der Waals surface area contributed by atoms with E-state index in [2.05, 4.69) is 0 Å². The molecule has 0 aliphatic rings.